The molecule has 0 N–H and O–H groups in total. The number of benzene rings is 9. The molecule has 9 aromatic carbocycles. The van der Waals surface area contributed by atoms with Crippen LogP contribution in [0.3, 0.4) is 0 Å². The van der Waals surface area contributed by atoms with Crippen LogP contribution in [0.4, 0.5) is 0 Å². The van der Waals surface area contributed by atoms with Crippen molar-refractivity contribution >= 4 is 76.9 Å². The second kappa shape index (κ2) is 10.8. The van der Waals surface area contributed by atoms with Gasteiger partial charge >= 0.3 is 287 Å². The van der Waals surface area contributed by atoms with E-state index in [9.17, 15) is 0 Å². The van der Waals surface area contributed by atoms with E-state index in [4.69, 9.17) is 0 Å². The summed E-state index contributed by atoms with van der Waals surface area (Å²) in [5, 5.41) is 13.3. The van der Waals surface area contributed by atoms with Gasteiger partial charge in [0.1, 0.15) is 0 Å². The third-order valence-corrected chi connectivity index (χ3v) is 12.6. The van der Waals surface area contributed by atoms with Crippen molar-refractivity contribution in [2.45, 2.75) is 6.92 Å². The average Bonchev–Trinajstić information content (AvgIpc) is 3.53. The molecule has 0 aliphatic carbocycles. The van der Waals surface area contributed by atoms with Gasteiger partial charge in [-0.3, -0.25) is 0 Å². The van der Waals surface area contributed by atoms with Gasteiger partial charge in [-0.05, 0) is 0 Å². The maximum atomic E-state index is 2.50. The van der Waals surface area contributed by atoms with Crippen LogP contribution in [0, 0.1) is 6.92 Å². The summed E-state index contributed by atoms with van der Waals surface area (Å²) < 4.78 is 2.93. The Kier molecular flexibility index (Phi) is 6.21. The summed E-state index contributed by atoms with van der Waals surface area (Å²) in [7, 11) is 0. The fraction of sp³-hybridized carbons (Fsp3) is 0.0213. The van der Waals surface area contributed by atoms with E-state index in [0.717, 1.165) is 0 Å². The van der Waals surface area contributed by atoms with Crippen molar-refractivity contribution < 1.29 is 0 Å². The van der Waals surface area contributed by atoms with Gasteiger partial charge in [0.2, 0.25) is 0 Å². The third-order valence-electron chi connectivity index (χ3n) is 10.2. The molecule has 0 fully saturated rings. The number of aryl methyl sites for hydroxylation is 1. The molecule has 224 valence electrons. The number of fused-ring (bicyclic) bond motifs is 7. The van der Waals surface area contributed by atoms with E-state index in [-0.39, 0.29) is 14.5 Å². The predicted molar refractivity (Wildman–Crippen MR) is 209 cm³/mol. The van der Waals surface area contributed by atoms with Crippen LogP contribution in [0.25, 0.3) is 95.8 Å². The van der Waals surface area contributed by atoms with Crippen LogP contribution in [-0.2, 0) is 0 Å². The minimum atomic E-state index is 0.211. The van der Waals surface area contributed by atoms with Gasteiger partial charge in [0, 0.05) is 0 Å². The van der Waals surface area contributed by atoms with Gasteiger partial charge in [0.25, 0.3) is 0 Å². The molecule has 10 rings (SSSR count). The first-order valence-electron chi connectivity index (χ1n) is 16.6. The Labute approximate surface area is 285 Å². The predicted octanol–water partition coefficient (Wildman–Crippen LogP) is 13.0. The average molecular weight is 674 g/mol. The zero-order valence-electron chi connectivity index (χ0n) is 26.5. The molecule has 0 unspecified atom stereocenters. The van der Waals surface area contributed by atoms with Crippen molar-refractivity contribution in [3.8, 4) is 33.4 Å². The van der Waals surface area contributed by atoms with Crippen molar-refractivity contribution in [1.29, 1.82) is 0 Å². The first-order chi connectivity index (χ1) is 23.8. The first kappa shape index (κ1) is 27.6. The van der Waals surface area contributed by atoms with Gasteiger partial charge in [-0.25, -0.2) is 0 Å². The van der Waals surface area contributed by atoms with Crippen molar-refractivity contribution in [1.82, 2.24) is 0 Å². The Balaban J connectivity index is 1.26. The summed E-state index contributed by atoms with van der Waals surface area (Å²) in [4.78, 5) is 0. The van der Waals surface area contributed by atoms with Crippen LogP contribution in [0.2, 0.25) is 0 Å². The van der Waals surface area contributed by atoms with E-state index >= 15 is 0 Å². The van der Waals surface area contributed by atoms with Crippen LogP contribution in [0.15, 0.2) is 164 Å². The van der Waals surface area contributed by atoms with Gasteiger partial charge in [-0.2, -0.15) is 0 Å². The monoisotopic (exact) mass is 674 g/mol. The summed E-state index contributed by atoms with van der Waals surface area (Å²) >= 11 is 0.211. The molecule has 0 nitrogen and oxygen atoms in total. The van der Waals surface area contributed by atoms with Gasteiger partial charge in [0.05, 0.1) is 0 Å². The molecule has 1 heteroatoms. The van der Waals surface area contributed by atoms with Gasteiger partial charge in [-0.1, -0.05) is 0 Å². The molecule has 48 heavy (non-hydrogen) atoms. The second-order valence-electron chi connectivity index (χ2n) is 12.8. The number of hydrogen-bond acceptors (Lipinski definition) is 0. The van der Waals surface area contributed by atoms with E-state index in [1.807, 2.05) is 0 Å². The van der Waals surface area contributed by atoms with E-state index < -0.39 is 0 Å². The second-order valence-corrected chi connectivity index (χ2v) is 15.1. The van der Waals surface area contributed by atoms with Gasteiger partial charge < -0.3 is 0 Å². The van der Waals surface area contributed by atoms with Crippen molar-refractivity contribution in [2.75, 3.05) is 0 Å². The molecule has 0 aliphatic rings. The number of rotatable bonds is 3. The summed E-state index contributed by atoms with van der Waals surface area (Å²) in [5.74, 6) is 0. The SMILES string of the molecule is Cc1c2ccccc2c(-c2cccc3[se]c4cc(-c5c6ccccc6c(-c6ccccc6)c6ccccc56)ccc4c23)c2ccccc12. The minimum absolute atomic E-state index is 0.211. The molecule has 0 radical (unpaired) electrons. The molecule has 0 spiro atoms. The zero-order chi connectivity index (χ0) is 31.8. The summed E-state index contributed by atoms with van der Waals surface area (Å²) in [6.45, 7) is 2.27. The quantitative estimate of drug-likeness (QED) is 0.129. The Morgan fingerprint density at radius 1 is 0.333 bits per heavy atom. The molecule has 0 atom stereocenters. The van der Waals surface area contributed by atoms with Gasteiger partial charge in [-0.15, -0.1) is 0 Å². The Morgan fingerprint density at radius 2 is 0.812 bits per heavy atom. The molecule has 1 heterocycles. The Bertz CT molecular complexity index is 2780. The van der Waals surface area contributed by atoms with Crippen LogP contribution >= 0.6 is 0 Å². The maximum absolute atomic E-state index is 2.50. The molecular formula is C47H30Se. The molecule has 0 saturated carbocycles. The van der Waals surface area contributed by atoms with Crippen molar-refractivity contribution in [2.24, 2.45) is 0 Å². The summed E-state index contributed by atoms with van der Waals surface area (Å²) in [6.07, 6.45) is 0. The fourth-order valence-electron chi connectivity index (χ4n) is 8.18. The standard InChI is InChI=1S/C47H30Se/c1-29-32-16-5-7-18-34(32)46(35-19-8-6-17-33(29)35)41-24-13-25-42-47(41)40-27-26-31(28-43(40)48-42)45-38-22-11-9-20-36(38)44(30-14-3-2-4-15-30)37-21-10-12-23-39(37)45/h2-28H,1H3. The molecule has 0 amide bonds. The molecule has 0 bridgehead atoms. The normalized spacial score (nSPS) is 11.9. The zero-order valence-corrected chi connectivity index (χ0v) is 28.2. The van der Waals surface area contributed by atoms with E-state index in [1.165, 1.54) is 101 Å². The van der Waals surface area contributed by atoms with E-state index in [1.54, 1.807) is 0 Å². The fourth-order valence-corrected chi connectivity index (χ4v) is 10.6. The van der Waals surface area contributed by atoms with E-state index in [0.29, 0.717) is 0 Å². The van der Waals surface area contributed by atoms with Crippen LogP contribution in [0.5, 0.6) is 0 Å². The summed E-state index contributed by atoms with van der Waals surface area (Å²) in [6, 6.07) is 61.0. The van der Waals surface area contributed by atoms with Crippen LogP contribution in [-0.4, -0.2) is 14.5 Å². The third kappa shape index (κ3) is 4.02. The molecule has 1 aromatic heterocycles. The van der Waals surface area contributed by atoms with Gasteiger partial charge in [0.15, 0.2) is 0 Å². The van der Waals surface area contributed by atoms with Crippen molar-refractivity contribution in [3.63, 3.8) is 0 Å². The topological polar surface area (TPSA) is 0 Å². The van der Waals surface area contributed by atoms with Crippen molar-refractivity contribution in [3.05, 3.63) is 169 Å². The molecular weight excluding hydrogens is 643 g/mol. The first-order valence-corrected chi connectivity index (χ1v) is 18.3. The van der Waals surface area contributed by atoms with E-state index in [2.05, 4.69) is 171 Å². The number of hydrogen-bond donors (Lipinski definition) is 0. The Morgan fingerprint density at radius 3 is 1.38 bits per heavy atom. The van der Waals surface area contributed by atoms with Crippen LogP contribution < -0.4 is 0 Å². The van der Waals surface area contributed by atoms with Crippen LogP contribution in [0.1, 0.15) is 5.56 Å². The molecule has 0 saturated heterocycles. The molecule has 0 aliphatic heterocycles. The Hall–Kier alpha value is -5.46. The summed E-state index contributed by atoms with van der Waals surface area (Å²) in [5.41, 5.74) is 9.23. The molecule has 10 aromatic rings.